The van der Waals surface area contributed by atoms with Crippen LogP contribution in [0.1, 0.15) is 23.2 Å². The molecular formula is C17H15ClN2O2. The molecule has 1 aliphatic heterocycles. The summed E-state index contributed by atoms with van der Waals surface area (Å²) in [4.78, 5) is 26.0. The van der Waals surface area contributed by atoms with Crippen molar-refractivity contribution in [2.24, 2.45) is 0 Å². The van der Waals surface area contributed by atoms with Crippen molar-refractivity contribution in [1.29, 1.82) is 0 Å². The number of amides is 2. The van der Waals surface area contributed by atoms with Gasteiger partial charge in [-0.05, 0) is 36.8 Å². The Bertz CT molecular complexity index is 730. The summed E-state index contributed by atoms with van der Waals surface area (Å²) in [6.45, 7) is 0.683. The minimum Gasteiger partial charge on any atom is -0.320 e. The lowest BCUT2D eigenvalue weighted by atomic mass is 10.2. The van der Waals surface area contributed by atoms with E-state index in [1.807, 2.05) is 18.2 Å². The normalized spacial score (nSPS) is 14.2. The Kier molecular flexibility index (Phi) is 4.11. The molecule has 112 valence electrons. The van der Waals surface area contributed by atoms with E-state index in [-0.39, 0.29) is 11.8 Å². The van der Waals surface area contributed by atoms with Crippen LogP contribution >= 0.6 is 11.6 Å². The van der Waals surface area contributed by atoms with Crippen molar-refractivity contribution in [2.75, 3.05) is 16.8 Å². The van der Waals surface area contributed by atoms with Gasteiger partial charge in [-0.2, -0.15) is 0 Å². The molecule has 0 atom stereocenters. The van der Waals surface area contributed by atoms with Crippen LogP contribution in [-0.2, 0) is 4.79 Å². The number of benzene rings is 2. The second-order valence-electron chi connectivity index (χ2n) is 5.13. The van der Waals surface area contributed by atoms with E-state index in [4.69, 9.17) is 11.6 Å². The average molecular weight is 315 g/mol. The molecule has 5 heteroatoms. The Morgan fingerprint density at radius 1 is 1.14 bits per heavy atom. The van der Waals surface area contributed by atoms with E-state index in [0.717, 1.165) is 12.1 Å². The maximum atomic E-state index is 12.3. The molecule has 0 bridgehead atoms. The van der Waals surface area contributed by atoms with Crippen LogP contribution < -0.4 is 10.2 Å². The number of nitrogens with zero attached hydrogens (tertiary/aromatic N) is 1. The Labute approximate surface area is 133 Å². The minimum absolute atomic E-state index is 0.0875. The first kappa shape index (κ1) is 14.6. The number of para-hydroxylation sites is 2. The summed E-state index contributed by atoms with van der Waals surface area (Å²) in [5, 5.41) is 3.37. The monoisotopic (exact) mass is 314 g/mol. The summed E-state index contributed by atoms with van der Waals surface area (Å²) in [7, 11) is 0. The average Bonchev–Trinajstić information content (AvgIpc) is 2.94. The number of carbonyl (C=O) groups excluding carboxylic acids is 2. The summed E-state index contributed by atoms with van der Waals surface area (Å²) in [6.07, 6.45) is 1.39. The smallest absolute Gasteiger partial charge is 0.255 e. The van der Waals surface area contributed by atoms with Gasteiger partial charge >= 0.3 is 0 Å². The van der Waals surface area contributed by atoms with Crippen LogP contribution in [0, 0.1) is 0 Å². The maximum absolute atomic E-state index is 12.3. The third-order valence-corrected chi connectivity index (χ3v) is 3.84. The van der Waals surface area contributed by atoms with Gasteiger partial charge in [0.15, 0.2) is 0 Å². The van der Waals surface area contributed by atoms with E-state index in [9.17, 15) is 9.59 Å². The fourth-order valence-electron chi connectivity index (χ4n) is 2.54. The lowest BCUT2D eigenvalue weighted by Gasteiger charge is -2.20. The topological polar surface area (TPSA) is 49.4 Å². The molecule has 1 saturated heterocycles. The molecule has 3 rings (SSSR count). The fourth-order valence-corrected chi connectivity index (χ4v) is 2.73. The summed E-state index contributed by atoms with van der Waals surface area (Å²) in [5.74, 6) is -0.161. The van der Waals surface area contributed by atoms with Crippen LogP contribution in [0.3, 0.4) is 0 Å². The molecule has 1 fully saturated rings. The largest absolute Gasteiger partial charge is 0.320 e. The molecule has 1 aliphatic rings. The third kappa shape index (κ3) is 2.97. The fraction of sp³-hybridized carbons (Fsp3) is 0.176. The summed E-state index contributed by atoms with van der Waals surface area (Å²) < 4.78 is 0. The minimum atomic E-state index is -0.249. The first-order valence-corrected chi connectivity index (χ1v) is 7.49. The molecule has 22 heavy (non-hydrogen) atoms. The molecule has 0 unspecified atom stereocenters. The first-order chi connectivity index (χ1) is 10.6. The zero-order chi connectivity index (χ0) is 15.5. The van der Waals surface area contributed by atoms with Gasteiger partial charge in [0.05, 0.1) is 11.4 Å². The van der Waals surface area contributed by atoms with Crippen molar-refractivity contribution in [3.8, 4) is 0 Å². The van der Waals surface area contributed by atoms with Gasteiger partial charge in [0.2, 0.25) is 5.91 Å². The number of hydrogen-bond acceptors (Lipinski definition) is 2. The third-order valence-electron chi connectivity index (χ3n) is 3.60. The van der Waals surface area contributed by atoms with Gasteiger partial charge in [0.1, 0.15) is 0 Å². The predicted molar refractivity (Wildman–Crippen MR) is 87.4 cm³/mol. The van der Waals surface area contributed by atoms with Crippen molar-refractivity contribution < 1.29 is 9.59 Å². The Hall–Kier alpha value is -2.33. The molecule has 2 amide bonds. The highest BCUT2D eigenvalue weighted by Crippen LogP contribution is 2.29. The van der Waals surface area contributed by atoms with Crippen molar-refractivity contribution in [1.82, 2.24) is 0 Å². The van der Waals surface area contributed by atoms with Crippen LogP contribution in [0.15, 0.2) is 48.5 Å². The maximum Gasteiger partial charge on any atom is 0.255 e. The Morgan fingerprint density at radius 3 is 2.68 bits per heavy atom. The molecular weight excluding hydrogens is 300 g/mol. The summed E-state index contributed by atoms with van der Waals surface area (Å²) >= 11 is 5.91. The Balaban J connectivity index is 1.86. The molecule has 0 spiro atoms. The molecule has 1 heterocycles. The van der Waals surface area contributed by atoms with Gasteiger partial charge in [0.25, 0.3) is 5.91 Å². The van der Waals surface area contributed by atoms with Gasteiger partial charge < -0.3 is 10.2 Å². The van der Waals surface area contributed by atoms with Gasteiger partial charge in [-0.15, -0.1) is 0 Å². The van der Waals surface area contributed by atoms with E-state index >= 15 is 0 Å². The van der Waals surface area contributed by atoms with Crippen molar-refractivity contribution in [2.45, 2.75) is 12.8 Å². The van der Waals surface area contributed by atoms with Crippen LogP contribution in [0.2, 0.25) is 5.02 Å². The molecule has 4 nitrogen and oxygen atoms in total. The lowest BCUT2D eigenvalue weighted by Crippen LogP contribution is -2.25. The van der Waals surface area contributed by atoms with E-state index < -0.39 is 0 Å². The first-order valence-electron chi connectivity index (χ1n) is 7.11. The van der Waals surface area contributed by atoms with Crippen LogP contribution in [0.25, 0.3) is 0 Å². The van der Waals surface area contributed by atoms with Gasteiger partial charge in [-0.25, -0.2) is 0 Å². The molecule has 0 radical (unpaired) electrons. The van der Waals surface area contributed by atoms with Gasteiger partial charge in [0, 0.05) is 23.6 Å². The molecule has 2 aromatic carbocycles. The number of anilines is 2. The SMILES string of the molecule is O=C(Nc1ccccc1N1CCCC1=O)c1cccc(Cl)c1. The number of rotatable bonds is 3. The highest BCUT2D eigenvalue weighted by molar-refractivity contribution is 6.31. The second-order valence-corrected chi connectivity index (χ2v) is 5.57. The van der Waals surface area contributed by atoms with Crippen LogP contribution in [0.4, 0.5) is 11.4 Å². The zero-order valence-corrected chi connectivity index (χ0v) is 12.6. The zero-order valence-electron chi connectivity index (χ0n) is 11.9. The highest BCUT2D eigenvalue weighted by atomic mass is 35.5. The van der Waals surface area contributed by atoms with Crippen molar-refractivity contribution >= 4 is 34.8 Å². The van der Waals surface area contributed by atoms with Gasteiger partial charge in [-0.1, -0.05) is 29.8 Å². The van der Waals surface area contributed by atoms with Crippen LogP contribution in [-0.4, -0.2) is 18.4 Å². The summed E-state index contributed by atoms with van der Waals surface area (Å²) in [6, 6.07) is 14.1. The van der Waals surface area contributed by atoms with E-state index in [2.05, 4.69) is 5.32 Å². The Morgan fingerprint density at radius 2 is 1.95 bits per heavy atom. The quantitative estimate of drug-likeness (QED) is 0.938. The molecule has 1 N–H and O–H groups in total. The molecule has 0 aromatic heterocycles. The lowest BCUT2D eigenvalue weighted by molar-refractivity contribution is -0.117. The molecule has 2 aromatic rings. The predicted octanol–water partition coefficient (Wildman–Crippen LogP) is 3.72. The standard InChI is InChI=1S/C17H15ClN2O2/c18-13-6-3-5-12(11-13)17(22)19-14-7-1-2-8-15(14)20-10-4-9-16(20)21/h1-3,5-8,11H,4,9-10H2,(H,19,22). The van der Waals surface area contributed by atoms with E-state index in [0.29, 0.717) is 29.2 Å². The second kappa shape index (κ2) is 6.20. The highest BCUT2D eigenvalue weighted by Gasteiger charge is 2.24. The molecule has 0 aliphatic carbocycles. The van der Waals surface area contributed by atoms with Crippen molar-refractivity contribution in [3.63, 3.8) is 0 Å². The van der Waals surface area contributed by atoms with E-state index in [1.54, 1.807) is 35.2 Å². The van der Waals surface area contributed by atoms with Gasteiger partial charge in [-0.3, -0.25) is 9.59 Å². The summed E-state index contributed by atoms with van der Waals surface area (Å²) in [5.41, 5.74) is 1.85. The number of halogens is 1. The molecule has 0 saturated carbocycles. The van der Waals surface area contributed by atoms with E-state index in [1.165, 1.54) is 0 Å². The van der Waals surface area contributed by atoms with Crippen LogP contribution in [0.5, 0.6) is 0 Å². The van der Waals surface area contributed by atoms with Crippen molar-refractivity contribution in [3.05, 3.63) is 59.1 Å². The number of carbonyl (C=O) groups is 2. The number of hydrogen-bond donors (Lipinski definition) is 1. The number of nitrogens with one attached hydrogen (secondary N) is 1.